The van der Waals surface area contributed by atoms with Crippen LogP contribution >= 0.6 is 31.9 Å². The van der Waals surface area contributed by atoms with E-state index in [-0.39, 0.29) is 0 Å². The third kappa shape index (κ3) is 3.94. The molecule has 0 fully saturated rings. The lowest BCUT2D eigenvalue weighted by molar-refractivity contribution is 0.466. The van der Waals surface area contributed by atoms with Crippen LogP contribution in [0.5, 0.6) is 0 Å². The van der Waals surface area contributed by atoms with Gasteiger partial charge in [0.15, 0.2) is 0 Å². The molecule has 0 saturated carbocycles. The zero-order valence-electron chi connectivity index (χ0n) is 11.7. The summed E-state index contributed by atoms with van der Waals surface area (Å²) in [5.41, 5.74) is 1.84. The van der Waals surface area contributed by atoms with Crippen molar-refractivity contribution < 1.29 is 8.42 Å². The second-order valence-corrected chi connectivity index (χ2v) is 8.61. The summed E-state index contributed by atoms with van der Waals surface area (Å²) in [5.74, 6) is 0. The molecule has 112 valence electrons. The number of hydrogen-bond acceptors (Lipinski definition) is 2. The number of rotatable bonds is 4. The first kappa shape index (κ1) is 16.7. The number of halogens is 2. The number of benzene rings is 2. The van der Waals surface area contributed by atoms with E-state index in [1.807, 2.05) is 31.2 Å². The van der Waals surface area contributed by atoms with Gasteiger partial charge in [-0.15, -0.1) is 0 Å². The van der Waals surface area contributed by atoms with Gasteiger partial charge >= 0.3 is 0 Å². The first-order valence-electron chi connectivity index (χ1n) is 6.27. The molecular weight excluding hydrogens is 418 g/mol. The summed E-state index contributed by atoms with van der Waals surface area (Å²) >= 11 is 6.75. The summed E-state index contributed by atoms with van der Waals surface area (Å²) in [6, 6.07) is 12.7. The molecular formula is C15H15Br2NO2S. The number of sulfonamides is 1. The van der Waals surface area contributed by atoms with Crippen molar-refractivity contribution >= 4 is 41.9 Å². The minimum atomic E-state index is -3.49. The van der Waals surface area contributed by atoms with Crippen LogP contribution in [-0.4, -0.2) is 19.8 Å². The average Bonchev–Trinajstić information content (AvgIpc) is 2.44. The predicted molar refractivity (Wildman–Crippen MR) is 91.7 cm³/mol. The Balaban J connectivity index is 2.25. The molecule has 0 bridgehead atoms. The molecule has 0 aliphatic rings. The van der Waals surface area contributed by atoms with Crippen molar-refractivity contribution in [2.24, 2.45) is 0 Å². The van der Waals surface area contributed by atoms with Crippen LogP contribution in [0.1, 0.15) is 11.1 Å². The third-order valence-corrected chi connectivity index (χ3v) is 6.37. The summed E-state index contributed by atoms with van der Waals surface area (Å²) in [4.78, 5) is 0.308. The van der Waals surface area contributed by atoms with Crippen molar-refractivity contribution in [3.8, 4) is 0 Å². The van der Waals surface area contributed by atoms with Crippen LogP contribution in [0.15, 0.2) is 56.3 Å². The highest BCUT2D eigenvalue weighted by molar-refractivity contribution is 9.10. The van der Waals surface area contributed by atoms with Crippen LogP contribution < -0.4 is 0 Å². The van der Waals surface area contributed by atoms with E-state index in [0.29, 0.717) is 11.4 Å². The molecule has 2 aromatic rings. The highest BCUT2D eigenvalue weighted by atomic mass is 79.9. The summed E-state index contributed by atoms with van der Waals surface area (Å²) in [6.45, 7) is 2.21. The molecule has 2 aromatic carbocycles. The summed E-state index contributed by atoms with van der Waals surface area (Å²) in [5, 5.41) is 0. The number of aryl methyl sites for hydroxylation is 1. The molecule has 0 heterocycles. The SMILES string of the molecule is Cc1cc(S(=O)(=O)N(C)Cc2ccc(Br)cc2)ccc1Br. The fourth-order valence-electron chi connectivity index (χ4n) is 1.89. The van der Waals surface area contributed by atoms with Gasteiger partial charge in [0.05, 0.1) is 4.90 Å². The van der Waals surface area contributed by atoms with Crippen molar-refractivity contribution in [1.82, 2.24) is 4.31 Å². The second-order valence-electron chi connectivity index (χ2n) is 4.80. The van der Waals surface area contributed by atoms with Crippen LogP contribution in [0.2, 0.25) is 0 Å². The van der Waals surface area contributed by atoms with Crippen LogP contribution in [0.3, 0.4) is 0 Å². The van der Waals surface area contributed by atoms with Crippen molar-refractivity contribution in [1.29, 1.82) is 0 Å². The van der Waals surface area contributed by atoms with Gasteiger partial charge in [0.25, 0.3) is 0 Å². The Bertz CT molecular complexity index is 743. The molecule has 6 heteroatoms. The minimum absolute atomic E-state index is 0.308. The van der Waals surface area contributed by atoms with E-state index >= 15 is 0 Å². The molecule has 0 N–H and O–H groups in total. The maximum atomic E-state index is 12.6. The molecule has 2 rings (SSSR count). The lowest BCUT2D eigenvalue weighted by Crippen LogP contribution is -2.26. The maximum absolute atomic E-state index is 12.6. The van der Waals surface area contributed by atoms with Crippen LogP contribution in [-0.2, 0) is 16.6 Å². The van der Waals surface area contributed by atoms with E-state index in [9.17, 15) is 8.42 Å². The Labute approximate surface area is 142 Å². The van der Waals surface area contributed by atoms with Crippen LogP contribution in [0.4, 0.5) is 0 Å². The molecule has 0 unspecified atom stereocenters. The predicted octanol–water partition coefficient (Wildman–Crippen LogP) is 4.34. The normalized spacial score (nSPS) is 11.9. The molecule has 3 nitrogen and oxygen atoms in total. The fraction of sp³-hybridized carbons (Fsp3) is 0.200. The van der Waals surface area contributed by atoms with Gasteiger partial charge in [-0.2, -0.15) is 4.31 Å². The highest BCUT2D eigenvalue weighted by Gasteiger charge is 2.21. The van der Waals surface area contributed by atoms with Gasteiger partial charge in [-0.25, -0.2) is 8.42 Å². The second kappa shape index (κ2) is 6.60. The van der Waals surface area contributed by atoms with Gasteiger partial charge in [0, 0.05) is 22.5 Å². The van der Waals surface area contributed by atoms with Crippen molar-refractivity contribution in [2.75, 3.05) is 7.05 Å². The summed E-state index contributed by atoms with van der Waals surface area (Å²) in [6.07, 6.45) is 0. The highest BCUT2D eigenvalue weighted by Crippen LogP contribution is 2.23. The van der Waals surface area contributed by atoms with Gasteiger partial charge in [0.1, 0.15) is 0 Å². The van der Waals surface area contributed by atoms with E-state index in [0.717, 1.165) is 20.1 Å². The molecule has 0 aromatic heterocycles. The van der Waals surface area contributed by atoms with E-state index in [1.165, 1.54) is 4.31 Å². The Morgan fingerprint density at radius 1 is 1.05 bits per heavy atom. The zero-order valence-corrected chi connectivity index (χ0v) is 15.7. The van der Waals surface area contributed by atoms with Gasteiger partial charge in [-0.05, 0) is 48.4 Å². The molecule has 21 heavy (non-hydrogen) atoms. The lowest BCUT2D eigenvalue weighted by Gasteiger charge is -2.18. The molecule has 0 atom stereocenters. The van der Waals surface area contributed by atoms with Gasteiger partial charge in [-0.1, -0.05) is 44.0 Å². The van der Waals surface area contributed by atoms with E-state index in [4.69, 9.17) is 0 Å². The lowest BCUT2D eigenvalue weighted by atomic mass is 10.2. The largest absolute Gasteiger partial charge is 0.243 e. The smallest absolute Gasteiger partial charge is 0.207 e. The van der Waals surface area contributed by atoms with Gasteiger partial charge in [0.2, 0.25) is 10.0 Å². The topological polar surface area (TPSA) is 37.4 Å². The standard InChI is InChI=1S/C15H15Br2NO2S/c1-11-9-14(7-8-15(11)17)21(19,20)18(2)10-12-3-5-13(16)6-4-12/h3-9H,10H2,1-2H3. The van der Waals surface area contributed by atoms with Crippen LogP contribution in [0.25, 0.3) is 0 Å². The Hall–Kier alpha value is -0.690. The molecule has 0 aliphatic heterocycles. The molecule has 0 saturated heterocycles. The van der Waals surface area contributed by atoms with Crippen molar-refractivity contribution in [3.05, 3.63) is 62.5 Å². The molecule has 0 radical (unpaired) electrons. The quantitative estimate of drug-likeness (QED) is 0.720. The van der Waals surface area contributed by atoms with Crippen molar-refractivity contribution in [2.45, 2.75) is 18.4 Å². The average molecular weight is 433 g/mol. The number of hydrogen-bond donors (Lipinski definition) is 0. The van der Waals surface area contributed by atoms with Crippen LogP contribution in [0, 0.1) is 6.92 Å². The van der Waals surface area contributed by atoms with Gasteiger partial charge < -0.3 is 0 Å². The molecule has 0 aliphatic carbocycles. The first-order chi connectivity index (χ1) is 9.80. The molecule has 0 amide bonds. The van der Waals surface area contributed by atoms with E-state index in [2.05, 4.69) is 31.9 Å². The van der Waals surface area contributed by atoms with E-state index in [1.54, 1.807) is 25.2 Å². The zero-order chi connectivity index (χ0) is 15.6. The monoisotopic (exact) mass is 431 g/mol. The first-order valence-corrected chi connectivity index (χ1v) is 9.30. The molecule has 0 spiro atoms. The summed E-state index contributed by atoms with van der Waals surface area (Å²) < 4.78 is 28.4. The van der Waals surface area contributed by atoms with E-state index < -0.39 is 10.0 Å². The third-order valence-electron chi connectivity index (χ3n) is 3.16. The number of nitrogens with zero attached hydrogens (tertiary/aromatic N) is 1. The fourth-order valence-corrected chi connectivity index (χ4v) is 3.65. The Morgan fingerprint density at radius 3 is 2.24 bits per heavy atom. The van der Waals surface area contributed by atoms with Gasteiger partial charge in [-0.3, -0.25) is 0 Å². The minimum Gasteiger partial charge on any atom is -0.207 e. The Morgan fingerprint density at radius 2 is 1.67 bits per heavy atom. The van der Waals surface area contributed by atoms with Crippen molar-refractivity contribution in [3.63, 3.8) is 0 Å². The maximum Gasteiger partial charge on any atom is 0.243 e. The summed E-state index contributed by atoms with van der Waals surface area (Å²) in [7, 11) is -1.89. The Kier molecular flexibility index (Phi) is 5.24.